The lowest BCUT2D eigenvalue weighted by molar-refractivity contribution is 0.194. The Balaban J connectivity index is 1.71. The highest BCUT2D eigenvalue weighted by Crippen LogP contribution is 2.17. The molecule has 0 aromatic carbocycles. The van der Waals surface area contributed by atoms with Crippen molar-refractivity contribution < 1.29 is 4.79 Å². The number of nitrogens with zero attached hydrogens (tertiary/aromatic N) is 2. The Kier molecular flexibility index (Phi) is 4.62. The SMILES string of the molecule is CCNC(=O)N1CCC(CN2CCNCC2)C1. The number of carbonyl (C=O) groups is 1. The molecule has 5 heteroatoms. The van der Waals surface area contributed by atoms with Crippen molar-refractivity contribution >= 4 is 6.03 Å². The number of urea groups is 1. The van der Waals surface area contributed by atoms with Gasteiger partial charge in [-0.25, -0.2) is 4.79 Å². The molecule has 1 unspecified atom stereocenters. The van der Waals surface area contributed by atoms with Crippen molar-refractivity contribution in [2.75, 3.05) is 52.4 Å². The third-order valence-electron chi connectivity index (χ3n) is 3.63. The normalized spacial score (nSPS) is 26.2. The molecule has 0 aromatic rings. The number of hydrogen-bond donors (Lipinski definition) is 2. The molecule has 2 fully saturated rings. The van der Waals surface area contributed by atoms with Crippen LogP contribution in [0.3, 0.4) is 0 Å². The van der Waals surface area contributed by atoms with Crippen molar-refractivity contribution in [2.24, 2.45) is 5.92 Å². The molecule has 2 aliphatic heterocycles. The van der Waals surface area contributed by atoms with Gasteiger partial charge in [0.2, 0.25) is 0 Å². The monoisotopic (exact) mass is 240 g/mol. The van der Waals surface area contributed by atoms with Crippen LogP contribution in [0.2, 0.25) is 0 Å². The molecule has 98 valence electrons. The quantitative estimate of drug-likeness (QED) is 0.727. The third-order valence-corrected chi connectivity index (χ3v) is 3.63. The summed E-state index contributed by atoms with van der Waals surface area (Å²) in [6.07, 6.45) is 1.15. The zero-order chi connectivity index (χ0) is 12.1. The lowest BCUT2D eigenvalue weighted by atomic mass is 10.1. The smallest absolute Gasteiger partial charge is 0.317 e. The van der Waals surface area contributed by atoms with E-state index >= 15 is 0 Å². The highest BCUT2D eigenvalue weighted by Gasteiger charge is 2.27. The van der Waals surface area contributed by atoms with Crippen molar-refractivity contribution in [3.63, 3.8) is 0 Å². The van der Waals surface area contributed by atoms with E-state index in [9.17, 15) is 4.79 Å². The standard InChI is InChI=1S/C12H24N4O/c1-2-14-12(17)16-6-3-11(10-16)9-15-7-4-13-5-8-15/h11,13H,2-10H2,1H3,(H,14,17). The molecule has 0 radical (unpaired) electrons. The van der Waals surface area contributed by atoms with Crippen LogP contribution in [0.25, 0.3) is 0 Å². The van der Waals surface area contributed by atoms with Gasteiger partial charge in [-0.1, -0.05) is 0 Å². The van der Waals surface area contributed by atoms with Crippen LogP contribution in [0.4, 0.5) is 4.79 Å². The first-order valence-electron chi connectivity index (χ1n) is 6.75. The Labute approximate surface area is 104 Å². The molecule has 2 N–H and O–H groups in total. The number of nitrogens with one attached hydrogen (secondary N) is 2. The van der Waals surface area contributed by atoms with E-state index in [0.717, 1.165) is 58.8 Å². The van der Waals surface area contributed by atoms with Crippen molar-refractivity contribution in [3.8, 4) is 0 Å². The predicted octanol–water partition coefficient (Wildman–Crippen LogP) is -0.0570. The van der Waals surface area contributed by atoms with Gasteiger partial charge in [-0.3, -0.25) is 0 Å². The van der Waals surface area contributed by atoms with Crippen LogP contribution in [0.15, 0.2) is 0 Å². The molecule has 0 saturated carbocycles. The van der Waals surface area contributed by atoms with E-state index in [0.29, 0.717) is 5.92 Å². The molecule has 17 heavy (non-hydrogen) atoms. The highest BCUT2D eigenvalue weighted by atomic mass is 16.2. The molecule has 0 aromatic heterocycles. The number of carbonyl (C=O) groups excluding carboxylic acids is 1. The number of rotatable bonds is 3. The summed E-state index contributed by atoms with van der Waals surface area (Å²) in [4.78, 5) is 16.1. The minimum Gasteiger partial charge on any atom is -0.338 e. The molecule has 0 aliphatic carbocycles. The Morgan fingerprint density at radius 1 is 1.35 bits per heavy atom. The third kappa shape index (κ3) is 3.57. The van der Waals surface area contributed by atoms with E-state index in [2.05, 4.69) is 15.5 Å². The number of amides is 2. The minimum atomic E-state index is 0.107. The van der Waals surface area contributed by atoms with Gasteiger partial charge < -0.3 is 20.4 Å². The predicted molar refractivity (Wildman–Crippen MR) is 68.1 cm³/mol. The van der Waals surface area contributed by atoms with Crippen molar-refractivity contribution in [1.29, 1.82) is 0 Å². The van der Waals surface area contributed by atoms with Gasteiger partial charge in [0.25, 0.3) is 0 Å². The van der Waals surface area contributed by atoms with Crippen molar-refractivity contribution in [1.82, 2.24) is 20.4 Å². The zero-order valence-electron chi connectivity index (χ0n) is 10.7. The molecular formula is C12H24N4O. The fraction of sp³-hybridized carbons (Fsp3) is 0.917. The molecule has 1 atom stereocenters. The fourth-order valence-corrected chi connectivity index (χ4v) is 2.69. The second-order valence-corrected chi connectivity index (χ2v) is 4.99. The first kappa shape index (κ1) is 12.6. The Morgan fingerprint density at radius 2 is 2.12 bits per heavy atom. The summed E-state index contributed by atoms with van der Waals surface area (Å²) in [5.41, 5.74) is 0. The second kappa shape index (κ2) is 6.21. The first-order chi connectivity index (χ1) is 8.29. The molecule has 0 spiro atoms. The molecule has 0 bridgehead atoms. The molecule has 2 heterocycles. The van der Waals surface area contributed by atoms with Gasteiger partial charge in [-0.2, -0.15) is 0 Å². The van der Waals surface area contributed by atoms with E-state index < -0.39 is 0 Å². The summed E-state index contributed by atoms with van der Waals surface area (Å²) in [5.74, 6) is 0.663. The highest BCUT2D eigenvalue weighted by molar-refractivity contribution is 5.74. The summed E-state index contributed by atoms with van der Waals surface area (Å²) in [6.45, 7) is 10.2. The molecule has 2 aliphatic rings. The van der Waals surface area contributed by atoms with E-state index in [1.165, 1.54) is 0 Å². The molecule has 2 amide bonds. The second-order valence-electron chi connectivity index (χ2n) is 4.99. The Morgan fingerprint density at radius 3 is 2.82 bits per heavy atom. The summed E-state index contributed by atoms with van der Waals surface area (Å²) >= 11 is 0. The van der Waals surface area contributed by atoms with Crippen LogP contribution < -0.4 is 10.6 Å². The lowest BCUT2D eigenvalue weighted by Crippen LogP contribution is -2.46. The topological polar surface area (TPSA) is 47.6 Å². The average molecular weight is 240 g/mol. The summed E-state index contributed by atoms with van der Waals surface area (Å²) < 4.78 is 0. The van der Waals surface area contributed by atoms with E-state index in [1.807, 2.05) is 11.8 Å². The van der Waals surface area contributed by atoms with Crippen LogP contribution in [0, 0.1) is 5.92 Å². The lowest BCUT2D eigenvalue weighted by Gasteiger charge is -2.29. The van der Waals surface area contributed by atoms with Gasteiger partial charge in [-0.05, 0) is 19.3 Å². The Hall–Kier alpha value is -0.810. The maximum Gasteiger partial charge on any atom is 0.317 e. The van der Waals surface area contributed by atoms with Gasteiger partial charge in [0, 0.05) is 52.4 Å². The maximum atomic E-state index is 11.7. The molecular weight excluding hydrogens is 216 g/mol. The van der Waals surface area contributed by atoms with Crippen molar-refractivity contribution in [2.45, 2.75) is 13.3 Å². The number of likely N-dealkylation sites (tertiary alicyclic amines) is 1. The van der Waals surface area contributed by atoms with Crippen LogP contribution in [0.5, 0.6) is 0 Å². The fourth-order valence-electron chi connectivity index (χ4n) is 2.69. The van der Waals surface area contributed by atoms with Crippen LogP contribution >= 0.6 is 0 Å². The van der Waals surface area contributed by atoms with Gasteiger partial charge in [0.15, 0.2) is 0 Å². The van der Waals surface area contributed by atoms with Crippen LogP contribution in [-0.2, 0) is 0 Å². The van der Waals surface area contributed by atoms with Gasteiger partial charge >= 0.3 is 6.03 Å². The Bertz CT molecular complexity index is 253. The maximum absolute atomic E-state index is 11.7. The molecule has 2 saturated heterocycles. The van der Waals surface area contributed by atoms with E-state index in [-0.39, 0.29) is 6.03 Å². The first-order valence-corrected chi connectivity index (χ1v) is 6.75. The number of hydrogen-bond acceptors (Lipinski definition) is 3. The van der Waals surface area contributed by atoms with E-state index in [1.54, 1.807) is 0 Å². The largest absolute Gasteiger partial charge is 0.338 e. The minimum absolute atomic E-state index is 0.107. The van der Waals surface area contributed by atoms with Gasteiger partial charge in [0.1, 0.15) is 0 Å². The molecule has 5 nitrogen and oxygen atoms in total. The average Bonchev–Trinajstić information content (AvgIpc) is 2.79. The summed E-state index contributed by atoms with van der Waals surface area (Å²) in [6, 6.07) is 0.107. The molecule has 2 rings (SSSR count). The van der Waals surface area contributed by atoms with Crippen LogP contribution in [0.1, 0.15) is 13.3 Å². The summed E-state index contributed by atoms with van der Waals surface area (Å²) in [7, 11) is 0. The van der Waals surface area contributed by atoms with E-state index in [4.69, 9.17) is 0 Å². The van der Waals surface area contributed by atoms with Gasteiger partial charge in [-0.15, -0.1) is 0 Å². The van der Waals surface area contributed by atoms with Crippen molar-refractivity contribution in [3.05, 3.63) is 0 Å². The number of piperazine rings is 1. The van der Waals surface area contributed by atoms with Crippen LogP contribution in [-0.4, -0.2) is 68.2 Å². The van der Waals surface area contributed by atoms with Gasteiger partial charge in [0.05, 0.1) is 0 Å². The zero-order valence-corrected chi connectivity index (χ0v) is 10.7. The summed E-state index contributed by atoms with van der Waals surface area (Å²) in [5, 5.41) is 6.24.